The van der Waals surface area contributed by atoms with E-state index in [1.165, 1.54) is 0 Å². The number of carbonyl (C=O) groups is 2. The second kappa shape index (κ2) is 7.45. The fourth-order valence-corrected chi connectivity index (χ4v) is 3.29. The van der Waals surface area contributed by atoms with Gasteiger partial charge in [-0.25, -0.2) is 0 Å². The first-order valence-corrected chi connectivity index (χ1v) is 8.91. The summed E-state index contributed by atoms with van der Waals surface area (Å²) in [5.41, 5.74) is 1.78. The molecule has 0 saturated carbocycles. The molecule has 2 aromatic carbocycles. The van der Waals surface area contributed by atoms with Crippen molar-refractivity contribution < 1.29 is 14.1 Å². The number of hydrogen-bond acceptors (Lipinski definition) is 4. The minimum atomic E-state index is -0.505. The Bertz CT molecular complexity index is 938. The number of carbonyl (C=O) groups excluding carboxylic acids is 2. The number of hydrogen-bond donors (Lipinski definition) is 1. The molecule has 1 aliphatic heterocycles. The SMILES string of the molecule is O=C(Nc1ccccc1)[C@H]1CCCN1C(=O)c1cc(-c2ccccc2)on1. The Morgan fingerprint density at radius 2 is 1.74 bits per heavy atom. The Labute approximate surface area is 156 Å². The average Bonchev–Trinajstić information content (AvgIpc) is 3.39. The Morgan fingerprint density at radius 1 is 1.04 bits per heavy atom. The molecule has 2 amide bonds. The summed E-state index contributed by atoms with van der Waals surface area (Å²) in [6.45, 7) is 0.527. The van der Waals surface area contributed by atoms with Gasteiger partial charge in [0, 0.05) is 23.9 Å². The molecule has 136 valence electrons. The fourth-order valence-electron chi connectivity index (χ4n) is 3.29. The number of para-hydroxylation sites is 1. The molecule has 1 aromatic heterocycles. The second-order valence-corrected chi connectivity index (χ2v) is 6.45. The first-order chi connectivity index (χ1) is 13.2. The molecule has 1 saturated heterocycles. The quantitative estimate of drug-likeness (QED) is 0.771. The zero-order valence-electron chi connectivity index (χ0n) is 14.7. The summed E-state index contributed by atoms with van der Waals surface area (Å²) in [6, 6.07) is 19.8. The van der Waals surface area contributed by atoms with E-state index in [0.717, 1.165) is 17.7 Å². The number of aromatic nitrogens is 1. The lowest BCUT2D eigenvalue weighted by molar-refractivity contribution is -0.119. The summed E-state index contributed by atoms with van der Waals surface area (Å²) in [7, 11) is 0. The van der Waals surface area contributed by atoms with Crippen LogP contribution < -0.4 is 5.32 Å². The van der Waals surface area contributed by atoms with Gasteiger partial charge in [0.2, 0.25) is 5.91 Å². The summed E-state index contributed by atoms with van der Waals surface area (Å²) in [5.74, 6) is 0.0638. The second-order valence-electron chi connectivity index (χ2n) is 6.45. The van der Waals surface area contributed by atoms with Crippen LogP contribution in [-0.2, 0) is 4.79 Å². The number of nitrogens with zero attached hydrogens (tertiary/aromatic N) is 2. The molecule has 1 N–H and O–H groups in total. The van der Waals surface area contributed by atoms with E-state index in [4.69, 9.17) is 4.52 Å². The van der Waals surface area contributed by atoms with Gasteiger partial charge in [0.15, 0.2) is 11.5 Å². The molecule has 1 fully saturated rings. The highest BCUT2D eigenvalue weighted by molar-refractivity contribution is 6.01. The molecule has 3 aromatic rings. The van der Waals surface area contributed by atoms with Gasteiger partial charge < -0.3 is 14.7 Å². The third-order valence-electron chi connectivity index (χ3n) is 4.65. The van der Waals surface area contributed by atoms with Crippen LogP contribution in [0.5, 0.6) is 0 Å². The van der Waals surface area contributed by atoms with E-state index < -0.39 is 6.04 Å². The van der Waals surface area contributed by atoms with E-state index in [2.05, 4.69) is 10.5 Å². The normalized spacial score (nSPS) is 16.3. The molecular formula is C21H19N3O3. The van der Waals surface area contributed by atoms with Crippen molar-refractivity contribution in [3.05, 3.63) is 72.4 Å². The minimum Gasteiger partial charge on any atom is -0.355 e. The van der Waals surface area contributed by atoms with E-state index in [1.54, 1.807) is 11.0 Å². The van der Waals surface area contributed by atoms with Gasteiger partial charge in [-0.3, -0.25) is 9.59 Å². The summed E-state index contributed by atoms with van der Waals surface area (Å²) in [6.07, 6.45) is 1.41. The fraction of sp³-hybridized carbons (Fsp3) is 0.190. The minimum absolute atomic E-state index is 0.182. The highest BCUT2D eigenvalue weighted by Gasteiger charge is 2.35. The van der Waals surface area contributed by atoms with Gasteiger partial charge in [-0.2, -0.15) is 0 Å². The standard InChI is InChI=1S/C21H19N3O3/c25-20(22-16-10-5-2-6-11-16)18-12-7-13-24(18)21(26)17-14-19(27-23-17)15-8-3-1-4-9-15/h1-6,8-11,14,18H,7,12-13H2,(H,22,25)/t18-/m1/s1. The van der Waals surface area contributed by atoms with E-state index in [1.807, 2.05) is 60.7 Å². The molecule has 0 unspecified atom stereocenters. The summed E-state index contributed by atoms with van der Waals surface area (Å²) in [5, 5.41) is 6.79. The maximum Gasteiger partial charge on any atom is 0.276 e. The predicted octanol–water partition coefficient (Wildman–Crippen LogP) is 3.58. The Balaban J connectivity index is 1.49. The van der Waals surface area contributed by atoms with Crippen molar-refractivity contribution in [3.63, 3.8) is 0 Å². The molecular weight excluding hydrogens is 342 g/mol. The monoisotopic (exact) mass is 361 g/mol. The number of likely N-dealkylation sites (tertiary alicyclic amines) is 1. The average molecular weight is 361 g/mol. The summed E-state index contributed by atoms with van der Waals surface area (Å²) >= 11 is 0. The third kappa shape index (κ3) is 3.60. The predicted molar refractivity (Wildman–Crippen MR) is 101 cm³/mol. The molecule has 2 heterocycles. The number of anilines is 1. The van der Waals surface area contributed by atoms with Gasteiger partial charge >= 0.3 is 0 Å². The molecule has 27 heavy (non-hydrogen) atoms. The van der Waals surface area contributed by atoms with Crippen LogP contribution >= 0.6 is 0 Å². The molecule has 0 bridgehead atoms. The van der Waals surface area contributed by atoms with Gasteiger partial charge in [0.1, 0.15) is 6.04 Å². The van der Waals surface area contributed by atoms with Crippen molar-refractivity contribution in [2.75, 3.05) is 11.9 Å². The van der Waals surface area contributed by atoms with Crippen LogP contribution in [0.3, 0.4) is 0 Å². The molecule has 0 spiro atoms. The molecule has 6 heteroatoms. The van der Waals surface area contributed by atoms with Crippen LogP contribution in [0.2, 0.25) is 0 Å². The lowest BCUT2D eigenvalue weighted by atomic mass is 10.1. The van der Waals surface area contributed by atoms with Crippen molar-refractivity contribution in [2.24, 2.45) is 0 Å². The largest absolute Gasteiger partial charge is 0.355 e. The van der Waals surface area contributed by atoms with Gasteiger partial charge in [0.25, 0.3) is 5.91 Å². The highest BCUT2D eigenvalue weighted by Crippen LogP contribution is 2.24. The lowest BCUT2D eigenvalue weighted by Gasteiger charge is -2.22. The molecule has 0 radical (unpaired) electrons. The van der Waals surface area contributed by atoms with Crippen molar-refractivity contribution in [2.45, 2.75) is 18.9 Å². The zero-order valence-corrected chi connectivity index (χ0v) is 14.7. The van der Waals surface area contributed by atoms with E-state index >= 15 is 0 Å². The van der Waals surface area contributed by atoms with Gasteiger partial charge in [-0.1, -0.05) is 53.7 Å². The highest BCUT2D eigenvalue weighted by atomic mass is 16.5. The maximum atomic E-state index is 12.9. The zero-order chi connectivity index (χ0) is 18.6. The molecule has 6 nitrogen and oxygen atoms in total. The van der Waals surface area contributed by atoms with Crippen molar-refractivity contribution in [1.29, 1.82) is 0 Å². The maximum absolute atomic E-state index is 12.9. The first-order valence-electron chi connectivity index (χ1n) is 8.91. The van der Waals surface area contributed by atoms with Crippen molar-refractivity contribution >= 4 is 17.5 Å². The first kappa shape index (κ1) is 17.0. The van der Waals surface area contributed by atoms with E-state index in [0.29, 0.717) is 18.7 Å². The Kier molecular flexibility index (Phi) is 4.70. The van der Waals surface area contributed by atoms with Crippen molar-refractivity contribution in [3.8, 4) is 11.3 Å². The Hall–Kier alpha value is -3.41. The number of amides is 2. The molecule has 1 aliphatic rings. The number of nitrogens with one attached hydrogen (secondary N) is 1. The van der Waals surface area contributed by atoms with Gasteiger partial charge in [-0.05, 0) is 25.0 Å². The van der Waals surface area contributed by atoms with Crippen LogP contribution in [-0.4, -0.2) is 34.5 Å². The van der Waals surface area contributed by atoms with Gasteiger partial charge in [0.05, 0.1) is 0 Å². The van der Waals surface area contributed by atoms with Crippen molar-refractivity contribution in [1.82, 2.24) is 10.1 Å². The van der Waals surface area contributed by atoms with Crippen LogP contribution in [0.4, 0.5) is 5.69 Å². The smallest absolute Gasteiger partial charge is 0.276 e. The lowest BCUT2D eigenvalue weighted by Crippen LogP contribution is -2.43. The molecule has 4 rings (SSSR count). The molecule has 0 aliphatic carbocycles. The molecule has 1 atom stereocenters. The van der Waals surface area contributed by atoms with Crippen LogP contribution in [0.25, 0.3) is 11.3 Å². The Morgan fingerprint density at radius 3 is 2.48 bits per heavy atom. The topological polar surface area (TPSA) is 75.4 Å². The number of rotatable bonds is 4. The van der Waals surface area contributed by atoms with Gasteiger partial charge in [-0.15, -0.1) is 0 Å². The van der Waals surface area contributed by atoms with Crippen LogP contribution in [0.1, 0.15) is 23.3 Å². The van der Waals surface area contributed by atoms with E-state index in [-0.39, 0.29) is 17.5 Å². The number of benzene rings is 2. The van der Waals surface area contributed by atoms with Crippen LogP contribution in [0, 0.1) is 0 Å². The van der Waals surface area contributed by atoms with Crippen LogP contribution in [0.15, 0.2) is 71.3 Å². The summed E-state index contributed by atoms with van der Waals surface area (Å²) < 4.78 is 5.32. The summed E-state index contributed by atoms with van der Waals surface area (Å²) in [4.78, 5) is 27.1. The van der Waals surface area contributed by atoms with E-state index in [9.17, 15) is 9.59 Å². The third-order valence-corrected chi connectivity index (χ3v) is 4.65.